The molecule has 2 aromatic rings. The van der Waals surface area contributed by atoms with Gasteiger partial charge in [0.05, 0.1) is 0 Å². The topological polar surface area (TPSA) is 3.24 Å². The van der Waals surface area contributed by atoms with E-state index < -0.39 is 0 Å². The Morgan fingerprint density at radius 1 is 0.950 bits per heavy atom. The van der Waals surface area contributed by atoms with Gasteiger partial charge in [0.15, 0.2) is 0 Å². The average Bonchev–Trinajstić information content (AvgIpc) is 2.42. The predicted octanol–water partition coefficient (Wildman–Crippen LogP) is 4.93. The van der Waals surface area contributed by atoms with Gasteiger partial charge < -0.3 is 4.90 Å². The van der Waals surface area contributed by atoms with E-state index in [1.807, 2.05) is 11.8 Å². The molecular formula is C17H21NS2. The van der Waals surface area contributed by atoms with E-state index >= 15 is 0 Å². The summed E-state index contributed by atoms with van der Waals surface area (Å²) in [6.07, 6.45) is 2.11. The SMILES string of the molecule is CSc1ccc(Sc2ccc(C)cc2CN(C)C)cc1. The van der Waals surface area contributed by atoms with E-state index in [-0.39, 0.29) is 0 Å². The number of nitrogens with zero attached hydrogens (tertiary/aromatic N) is 1. The molecule has 0 saturated carbocycles. The minimum atomic E-state index is 0.979. The highest BCUT2D eigenvalue weighted by Gasteiger charge is 2.06. The first-order chi connectivity index (χ1) is 9.58. The van der Waals surface area contributed by atoms with Gasteiger partial charge in [-0.15, -0.1) is 11.8 Å². The normalized spacial score (nSPS) is 11.1. The van der Waals surface area contributed by atoms with Gasteiger partial charge in [-0.2, -0.15) is 0 Å². The van der Waals surface area contributed by atoms with E-state index in [1.165, 1.54) is 25.8 Å². The summed E-state index contributed by atoms with van der Waals surface area (Å²) in [5.41, 5.74) is 2.72. The molecule has 0 radical (unpaired) electrons. The van der Waals surface area contributed by atoms with E-state index in [9.17, 15) is 0 Å². The Labute approximate surface area is 130 Å². The Kier molecular flexibility index (Phi) is 5.58. The minimum Gasteiger partial charge on any atom is -0.305 e. The van der Waals surface area contributed by atoms with Gasteiger partial charge in [-0.3, -0.25) is 0 Å². The summed E-state index contributed by atoms with van der Waals surface area (Å²) in [6.45, 7) is 3.13. The molecular weight excluding hydrogens is 282 g/mol. The maximum Gasteiger partial charge on any atom is 0.0238 e. The zero-order chi connectivity index (χ0) is 14.5. The highest BCUT2D eigenvalue weighted by molar-refractivity contribution is 7.99. The molecule has 0 aliphatic rings. The van der Waals surface area contributed by atoms with Crippen LogP contribution in [-0.4, -0.2) is 25.3 Å². The molecule has 20 heavy (non-hydrogen) atoms. The third-order valence-electron chi connectivity index (χ3n) is 2.99. The first-order valence-corrected chi connectivity index (χ1v) is 8.69. The third-order valence-corrected chi connectivity index (χ3v) is 4.86. The molecule has 1 nitrogen and oxygen atoms in total. The van der Waals surface area contributed by atoms with Crippen molar-refractivity contribution in [2.24, 2.45) is 0 Å². The largest absolute Gasteiger partial charge is 0.305 e. The molecule has 2 aromatic carbocycles. The maximum absolute atomic E-state index is 2.29. The first kappa shape index (κ1) is 15.5. The van der Waals surface area contributed by atoms with Crippen molar-refractivity contribution >= 4 is 23.5 Å². The summed E-state index contributed by atoms with van der Waals surface area (Å²) < 4.78 is 0. The first-order valence-electron chi connectivity index (χ1n) is 6.64. The third kappa shape index (κ3) is 4.30. The lowest BCUT2D eigenvalue weighted by molar-refractivity contribution is 0.399. The summed E-state index contributed by atoms with van der Waals surface area (Å²) >= 11 is 3.63. The highest BCUT2D eigenvalue weighted by Crippen LogP contribution is 2.32. The summed E-state index contributed by atoms with van der Waals surface area (Å²) in [4.78, 5) is 6.18. The Bertz CT molecular complexity index is 562. The van der Waals surface area contributed by atoms with Gasteiger partial charge >= 0.3 is 0 Å². The fourth-order valence-electron chi connectivity index (χ4n) is 2.04. The summed E-state index contributed by atoms with van der Waals surface area (Å²) in [6, 6.07) is 15.5. The van der Waals surface area contributed by atoms with Crippen molar-refractivity contribution in [3.8, 4) is 0 Å². The Morgan fingerprint density at radius 3 is 2.20 bits per heavy atom. The Balaban J connectivity index is 2.22. The van der Waals surface area contributed by atoms with Crippen LogP contribution in [0.4, 0.5) is 0 Å². The molecule has 0 atom stereocenters. The number of hydrogen-bond donors (Lipinski definition) is 0. The van der Waals surface area contributed by atoms with Crippen LogP contribution in [0.3, 0.4) is 0 Å². The van der Waals surface area contributed by atoms with E-state index in [0.29, 0.717) is 0 Å². The van der Waals surface area contributed by atoms with Gasteiger partial charge in [0.2, 0.25) is 0 Å². The fraction of sp³-hybridized carbons (Fsp3) is 0.294. The van der Waals surface area contributed by atoms with Crippen molar-refractivity contribution in [2.75, 3.05) is 20.4 Å². The molecule has 0 heterocycles. The van der Waals surface area contributed by atoms with Crippen molar-refractivity contribution in [1.82, 2.24) is 4.90 Å². The quantitative estimate of drug-likeness (QED) is 0.721. The standard InChI is InChI=1S/C17H21NS2/c1-13-5-10-17(14(11-13)12-18(2)3)20-16-8-6-15(19-4)7-9-16/h5-11H,12H2,1-4H3. The maximum atomic E-state index is 2.29. The molecule has 0 saturated heterocycles. The van der Waals surface area contributed by atoms with Crippen LogP contribution < -0.4 is 0 Å². The van der Waals surface area contributed by atoms with Gasteiger partial charge in [-0.1, -0.05) is 29.5 Å². The van der Waals surface area contributed by atoms with Gasteiger partial charge in [0.1, 0.15) is 0 Å². The van der Waals surface area contributed by atoms with Crippen molar-refractivity contribution in [2.45, 2.75) is 28.2 Å². The molecule has 106 valence electrons. The summed E-state index contributed by atoms with van der Waals surface area (Å²) in [5.74, 6) is 0. The van der Waals surface area contributed by atoms with E-state index in [1.54, 1.807) is 11.8 Å². The van der Waals surface area contributed by atoms with E-state index in [2.05, 4.69) is 74.6 Å². The second-order valence-electron chi connectivity index (χ2n) is 5.13. The van der Waals surface area contributed by atoms with Crippen LogP contribution in [0.1, 0.15) is 11.1 Å². The fourth-order valence-corrected chi connectivity index (χ4v) is 3.37. The molecule has 0 fully saturated rings. The van der Waals surface area contributed by atoms with Gasteiger partial charge in [0, 0.05) is 21.2 Å². The average molecular weight is 303 g/mol. The molecule has 3 heteroatoms. The minimum absolute atomic E-state index is 0.979. The van der Waals surface area contributed by atoms with Crippen LogP contribution in [0.5, 0.6) is 0 Å². The number of aryl methyl sites for hydroxylation is 1. The number of benzene rings is 2. The molecule has 0 N–H and O–H groups in total. The lowest BCUT2D eigenvalue weighted by atomic mass is 10.1. The lowest BCUT2D eigenvalue weighted by Crippen LogP contribution is -2.11. The molecule has 0 bridgehead atoms. The highest BCUT2D eigenvalue weighted by atomic mass is 32.2. The Morgan fingerprint density at radius 2 is 1.60 bits per heavy atom. The van der Waals surface area contributed by atoms with Gasteiger partial charge in [-0.25, -0.2) is 0 Å². The molecule has 0 amide bonds. The zero-order valence-corrected chi connectivity index (χ0v) is 14.1. The molecule has 2 rings (SSSR count). The predicted molar refractivity (Wildman–Crippen MR) is 90.9 cm³/mol. The number of rotatable bonds is 5. The van der Waals surface area contributed by atoms with Crippen LogP contribution in [0.2, 0.25) is 0 Å². The van der Waals surface area contributed by atoms with Crippen LogP contribution in [0, 0.1) is 6.92 Å². The van der Waals surface area contributed by atoms with Crippen LogP contribution in [-0.2, 0) is 6.54 Å². The van der Waals surface area contributed by atoms with E-state index in [4.69, 9.17) is 0 Å². The van der Waals surface area contributed by atoms with Crippen molar-refractivity contribution in [1.29, 1.82) is 0 Å². The number of hydrogen-bond acceptors (Lipinski definition) is 3. The van der Waals surface area contributed by atoms with Crippen molar-refractivity contribution in [3.05, 3.63) is 53.6 Å². The Hall–Kier alpha value is -0.900. The van der Waals surface area contributed by atoms with Crippen LogP contribution in [0.25, 0.3) is 0 Å². The molecule has 0 unspecified atom stereocenters. The summed E-state index contributed by atoms with van der Waals surface area (Å²) in [5, 5.41) is 0. The van der Waals surface area contributed by atoms with Gasteiger partial charge in [-0.05, 0) is 63.2 Å². The monoisotopic (exact) mass is 303 g/mol. The van der Waals surface area contributed by atoms with Crippen molar-refractivity contribution < 1.29 is 0 Å². The number of thioether (sulfide) groups is 1. The molecule has 0 spiro atoms. The van der Waals surface area contributed by atoms with E-state index in [0.717, 1.165) is 6.54 Å². The van der Waals surface area contributed by atoms with Crippen molar-refractivity contribution in [3.63, 3.8) is 0 Å². The molecule has 0 aliphatic heterocycles. The molecule has 0 aromatic heterocycles. The van der Waals surface area contributed by atoms with Gasteiger partial charge in [0.25, 0.3) is 0 Å². The smallest absolute Gasteiger partial charge is 0.0238 e. The molecule has 0 aliphatic carbocycles. The van der Waals surface area contributed by atoms with Crippen LogP contribution >= 0.6 is 23.5 Å². The second kappa shape index (κ2) is 7.21. The second-order valence-corrected chi connectivity index (χ2v) is 7.12. The lowest BCUT2D eigenvalue weighted by Gasteiger charge is -2.15. The zero-order valence-electron chi connectivity index (χ0n) is 12.5. The van der Waals surface area contributed by atoms with Crippen LogP contribution in [0.15, 0.2) is 57.2 Å². The summed E-state index contributed by atoms with van der Waals surface area (Å²) in [7, 11) is 4.23.